The summed E-state index contributed by atoms with van der Waals surface area (Å²) in [6.45, 7) is 3.69. The van der Waals surface area contributed by atoms with Gasteiger partial charge in [0.25, 0.3) is 0 Å². The van der Waals surface area contributed by atoms with Gasteiger partial charge in [-0.3, -0.25) is 0 Å². The summed E-state index contributed by atoms with van der Waals surface area (Å²) in [6.07, 6.45) is 0. The fourth-order valence-corrected chi connectivity index (χ4v) is 0.766. The Labute approximate surface area is 60.1 Å². The molecule has 1 atom stereocenters. The molecule has 1 rings (SSSR count). The maximum atomic E-state index is 5.34. The van der Waals surface area contributed by atoms with Crippen LogP contribution in [0.3, 0.4) is 0 Å². The highest BCUT2D eigenvalue weighted by atomic mass is 15.1. The Balaban J connectivity index is 2.82. The molecule has 52 valence electrons. The lowest BCUT2D eigenvalue weighted by Gasteiger charge is -1.92. The van der Waals surface area contributed by atoms with Gasteiger partial charge in [-0.2, -0.15) is 0 Å². The first-order chi connectivity index (χ1) is 4.74. The van der Waals surface area contributed by atoms with Crippen molar-refractivity contribution in [3.63, 3.8) is 0 Å². The minimum absolute atomic E-state index is 0.0486. The first-order valence-corrected chi connectivity index (χ1v) is 3.08. The van der Waals surface area contributed by atoms with E-state index in [2.05, 4.69) is 21.8 Å². The Morgan fingerprint density at radius 3 is 2.70 bits per heavy atom. The minimum atomic E-state index is 0.0486. The van der Waals surface area contributed by atoms with Crippen LogP contribution in [0.4, 0.5) is 0 Å². The zero-order valence-electron chi connectivity index (χ0n) is 6.05. The lowest BCUT2D eigenvalue weighted by molar-refractivity contribution is 1.00. The predicted octanol–water partition coefficient (Wildman–Crippen LogP) is 0.167. The zero-order valence-corrected chi connectivity index (χ0v) is 6.05. The summed E-state index contributed by atoms with van der Waals surface area (Å²) >= 11 is 0. The van der Waals surface area contributed by atoms with Gasteiger partial charge in [0, 0.05) is 0 Å². The normalized spacial score (nSPS) is 22.8. The Hall–Kier alpha value is -1.30. The highest BCUT2D eigenvalue weighted by molar-refractivity contribution is 6.13. The van der Waals surface area contributed by atoms with Crippen LogP contribution in [0.25, 0.3) is 0 Å². The fraction of sp³-hybridized carbons (Fsp3) is 0.429. The molecule has 0 aromatic heterocycles. The summed E-state index contributed by atoms with van der Waals surface area (Å²) in [6, 6.07) is 0.0486. The van der Waals surface area contributed by atoms with Gasteiger partial charge in [0.2, 0.25) is 5.96 Å². The molecule has 1 aliphatic rings. The summed E-state index contributed by atoms with van der Waals surface area (Å²) in [7, 11) is 0. The number of nitrogens with two attached hydrogens (primary N) is 1. The third-order valence-electron chi connectivity index (χ3n) is 1.21. The van der Waals surface area contributed by atoms with Crippen LogP contribution < -0.4 is 5.73 Å². The summed E-state index contributed by atoms with van der Waals surface area (Å²) in [4.78, 5) is 7.91. The van der Waals surface area contributed by atoms with Gasteiger partial charge in [-0.1, -0.05) is 5.92 Å². The first-order valence-electron chi connectivity index (χ1n) is 3.08. The van der Waals surface area contributed by atoms with Gasteiger partial charge < -0.3 is 5.73 Å². The standard InChI is InChI=1S/C7H9N3/c1-3-4-6-5(2)9-7(8)10-6/h5H,1-2H3,(H2,8,9). The summed E-state index contributed by atoms with van der Waals surface area (Å²) < 4.78 is 0. The topological polar surface area (TPSA) is 50.7 Å². The molecule has 10 heavy (non-hydrogen) atoms. The molecule has 0 saturated carbocycles. The van der Waals surface area contributed by atoms with E-state index in [0.717, 1.165) is 5.71 Å². The number of rotatable bonds is 0. The van der Waals surface area contributed by atoms with E-state index in [0.29, 0.717) is 5.96 Å². The monoisotopic (exact) mass is 135 g/mol. The summed E-state index contributed by atoms with van der Waals surface area (Å²) in [5, 5.41) is 0. The number of nitrogens with zero attached hydrogens (tertiary/aromatic N) is 2. The highest BCUT2D eigenvalue weighted by Crippen LogP contribution is 2.01. The van der Waals surface area contributed by atoms with E-state index in [1.807, 2.05) is 6.92 Å². The zero-order chi connectivity index (χ0) is 7.56. The van der Waals surface area contributed by atoms with Crippen LogP contribution in [0.1, 0.15) is 13.8 Å². The number of hydrogen-bond acceptors (Lipinski definition) is 3. The molecule has 1 heterocycles. The van der Waals surface area contributed by atoms with Crippen molar-refractivity contribution in [2.75, 3.05) is 0 Å². The number of hydrogen-bond donors (Lipinski definition) is 1. The SMILES string of the molecule is CC#CC1=NC(N)=NC1C. The van der Waals surface area contributed by atoms with Crippen molar-refractivity contribution in [1.82, 2.24) is 0 Å². The lowest BCUT2D eigenvalue weighted by atomic mass is 10.2. The third kappa shape index (κ3) is 1.16. The smallest absolute Gasteiger partial charge is 0.216 e. The molecule has 0 amide bonds. The van der Waals surface area contributed by atoms with E-state index in [1.165, 1.54) is 0 Å². The average Bonchev–Trinajstić information content (AvgIpc) is 2.13. The van der Waals surface area contributed by atoms with Crippen LogP contribution in [0.15, 0.2) is 9.98 Å². The second-order valence-corrected chi connectivity index (χ2v) is 2.04. The second-order valence-electron chi connectivity index (χ2n) is 2.04. The number of guanidine groups is 1. The Morgan fingerprint density at radius 1 is 1.60 bits per heavy atom. The molecule has 0 aliphatic carbocycles. The largest absolute Gasteiger partial charge is 0.368 e. The molecule has 0 saturated heterocycles. The van der Waals surface area contributed by atoms with Crippen LogP contribution >= 0.6 is 0 Å². The van der Waals surface area contributed by atoms with Gasteiger partial charge in [-0.25, -0.2) is 9.98 Å². The van der Waals surface area contributed by atoms with Crippen molar-refractivity contribution in [3.05, 3.63) is 0 Å². The molecule has 0 aromatic carbocycles. The Kier molecular flexibility index (Phi) is 1.72. The van der Waals surface area contributed by atoms with Crippen LogP contribution in [0.5, 0.6) is 0 Å². The van der Waals surface area contributed by atoms with Gasteiger partial charge >= 0.3 is 0 Å². The molecule has 1 aliphatic heterocycles. The fourth-order valence-electron chi connectivity index (χ4n) is 0.766. The van der Waals surface area contributed by atoms with Crippen molar-refractivity contribution in [2.24, 2.45) is 15.7 Å². The second kappa shape index (κ2) is 2.53. The van der Waals surface area contributed by atoms with Gasteiger partial charge in [0.1, 0.15) is 11.8 Å². The molecule has 0 bridgehead atoms. The van der Waals surface area contributed by atoms with E-state index in [4.69, 9.17) is 5.73 Å². The molecule has 3 heteroatoms. The van der Waals surface area contributed by atoms with E-state index in [1.54, 1.807) is 6.92 Å². The van der Waals surface area contributed by atoms with E-state index >= 15 is 0 Å². The van der Waals surface area contributed by atoms with Crippen molar-refractivity contribution < 1.29 is 0 Å². The van der Waals surface area contributed by atoms with Crippen molar-refractivity contribution in [1.29, 1.82) is 0 Å². The summed E-state index contributed by atoms with van der Waals surface area (Å²) in [5.74, 6) is 5.92. The van der Waals surface area contributed by atoms with E-state index in [9.17, 15) is 0 Å². The highest BCUT2D eigenvalue weighted by Gasteiger charge is 2.13. The quantitative estimate of drug-likeness (QED) is 0.473. The van der Waals surface area contributed by atoms with Crippen LogP contribution in [-0.4, -0.2) is 17.7 Å². The molecular weight excluding hydrogens is 126 g/mol. The van der Waals surface area contributed by atoms with Gasteiger partial charge in [-0.05, 0) is 19.8 Å². The van der Waals surface area contributed by atoms with E-state index in [-0.39, 0.29) is 6.04 Å². The van der Waals surface area contributed by atoms with Gasteiger partial charge in [-0.15, -0.1) is 0 Å². The van der Waals surface area contributed by atoms with E-state index < -0.39 is 0 Å². The molecule has 3 nitrogen and oxygen atoms in total. The molecule has 0 spiro atoms. The van der Waals surface area contributed by atoms with Gasteiger partial charge in [0.15, 0.2) is 0 Å². The van der Waals surface area contributed by atoms with Crippen molar-refractivity contribution >= 4 is 11.7 Å². The van der Waals surface area contributed by atoms with Crippen molar-refractivity contribution in [2.45, 2.75) is 19.9 Å². The average molecular weight is 135 g/mol. The molecule has 0 radical (unpaired) electrons. The van der Waals surface area contributed by atoms with Crippen molar-refractivity contribution in [3.8, 4) is 11.8 Å². The van der Waals surface area contributed by atoms with Crippen LogP contribution in [0.2, 0.25) is 0 Å². The van der Waals surface area contributed by atoms with Crippen LogP contribution in [0, 0.1) is 11.8 Å². The molecular formula is C7H9N3. The minimum Gasteiger partial charge on any atom is -0.368 e. The maximum Gasteiger partial charge on any atom is 0.216 e. The van der Waals surface area contributed by atoms with Crippen LogP contribution in [-0.2, 0) is 0 Å². The lowest BCUT2D eigenvalue weighted by Crippen LogP contribution is -2.07. The molecule has 0 aromatic rings. The Bertz CT molecular complexity index is 252. The summed E-state index contributed by atoms with van der Waals surface area (Å²) in [5.41, 5.74) is 6.10. The molecule has 2 N–H and O–H groups in total. The maximum absolute atomic E-state index is 5.34. The first kappa shape index (κ1) is 6.81. The van der Waals surface area contributed by atoms with Gasteiger partial charge in [0.05, 0.1) is 0 Å². The molecule has 1 unspecified atom stereocenters. The third-order valence-corrected chi connectivity index (χ3v) is 1.21. The molecule has 0 fully saturated rings. The predicted molar refractivity (Wildman–Crippen MR) is 42.0 cm³/mol. The Morgan fingerprint density at radius 2 is 2.30 bits per heavy atom. The number of aliphatic imine (C=N–C) groups is 2.